The quantitative estimate of drug-likeness (QED) is 0.664. The van der Waals surface area contributed by atoms with Crippen molar-refractivity contribution in [3.05, 3.63) is 41.6 Å². The fourth-order valence-electron chi connectivity index (χ4n) is 3.86. The van der Waals surface area contributed by atoms with Crippen LogP contribution in [0.2, 0.25) is 0 Å². The third-order valence-corrected chi connectivity index (χ3v) is 5.74. The van der Waals surface area contributed by atoms with E-state index in [1.807, 2.05) is 44.2 Å². The van der Waals surface area contributed by atoms with Crippen molar-refractivity contribution in [2.24, 2.45) is 0 Å². The Balaban J connectivity index is 1.52. The summed E-state index contributed by atoms with van der Waals surface area (Å²) < 4.78 is 11.3. The summed E-state index contributed by atoms with van der Waals surface area (Å²) in [7, 11) is 2.15. The van der Waals surface area contributed by atoms with Gasteiger partial charge < -0.3 is 24.6 Å². The van der Waals surface area contributed by atoms with Gasteiger partial charge in [0, 0.05) is 55.1 Å². The second kappa shape index (κ2) is 8.16. The Morgan fingerprint density at radius 1 is 1.06 bits per heavy atom. The molecule has 2 N–H and O–H groups in total. The third-order valence-electron chi connectivity index (χ3n) is 5.74. The van der Waals surface area contributed by atoms with Crippen LogP contribution in [0.1, 0.15) is 24.3 Å². The van der Waals surface area contributed by atoms with E-state index in [-0.39, 0.29) is 12.9 Å². The van der Waals surface area contributed by atoms with Gasteiger partial charge in [-0.05, 0) is 27.0 Å². The summed E-state index contributed by atoms with van der Waals surface area (Å²) in [4.78, 5) is 14.3. The van der Waals surface area contributed by atoms with Crippen molar-refractivity contribution < 1.29 is 9.47 Å². The molecular formula is C22H27N7O2. The van der Waals surface area contributed by atoms with Crippen LogP contribution >= 0.6 is 0 Å². The molecule has 2 aromatic heterocycles. The third kappa shape index (κ3) is 4.19. The molecule has 1 fully saturated rings. The monoisotopic (exact) mass is 421 g/mol. The maximum Gasteiger partial charge on any atom is 0.189 e. The lowest BCUT2D eigenvalue weighted by atomic mass is 10.1. The first-order valence-electron chi connectivity index (χ1n) is 10.6. The predicted octanol–water partition coefficient (Wildman–Crippen LogP) is 3.10. The summed E-state index contributed by atoms with van der Waals surface area (Å²) in [6.45, 7) is 8.12. The van der Waals surface area contributed by atoms with Gasteiger partial charge in [0.05, 0.1) is 6.10 Å². The zero-order valence-electron chi connectivity index (χ0n) is 18.1. The number of aromatic amines is 1. The van der Waals surface area contributed by atoms with Gasteiger partial charge in [0.15, 0.2) is 18.4 Å². The molecule has 1 atom stereocenters. The molecule has 0 bridgehead atoms. The van der Waals surface area contributed by atoms with Gasteiger partial charge in [0.25, 0.3) is 0 Å². The average molecular weight is 422 g/mol. The number of hydrogen-bond donors (Lipinski definition) is 2. The topological polar surface area (TPSA) is 91.4 Å². The van der Waals surface area contributed by atoms with Crippen molar-refractivity contribution in [1.29, 1.82) is 0 Å². The number of anilines is 3. The number of H-pyrrole nitrogens is 1. The molecule has 0 amide bonds. The van der Waals surface area contributed by atoms with E-state index in [0.717, 1.165) is 60.4 Å². The molecule has 1 aromatic carbocycles. The first kappa shape index (κ1) is 19.8. The molecule has 0 unspecified atom stereocenters. The minimum Gasteiger partial charge on any atom is -0.467 e. The highest BCUT2D eigenvalue weighted by molar-refractivity contribution is 5.66. The molecule has 0 saturated carbocycles. The van der Waals surface area contributed by atoms with Crippen molar-refractivity contribution in [3.8, 4) is 17.1 Å². The molecule has 0 spiro atoms. The van der Waals surface area contributed by atoms with E-state index in [9.17, 15) is 0 Å². The lowest BCUT2D eigenvalue weighted by Crippen LogP contribution is -2.44. The van der Waals surface area contributed by atoms with E-state index in [4.69, 9.17) is 19.4 Å². The summed E-state index contributed by atoms with van der Waals surface area (Å²) in [5, 5.41) is 10.5. The fourth-order valence-corrected chi connectivity index (χ4v) is 3.86. The van der Waals surface area contributed by atoms with Gasteiger partial charge >= 0.3 is 0 Å². The van der Waals surface area contributed by atoms with Crippen LogP contribution in [0.4, 0.5) is 17.5 Å². The SMILES string of the molecule is Cc1cc(Nc2cc(N3CCN(C)CC3)nc(-c3ccc4c(c3)OCO[C@H]4C)n2)n[nH]1. The maximum atomic E-state index is 5.72. The smallest absolute Gasteiger partial charge is 0.189 e. The molecule has 9 heteroatoms. The number of hydrogen-bond acceptors (Lipinski definition) is 8. The Bertz CT molecular complexity index is 1080. The van der Waals surface area contributed by atoms with Gasteiger partial charge in [0.2, 0.25) is 0 Å². The normalized spacial score (nSPS) is 19.1. The molecule has 5 rings (SSSR count). The second-order valence-corrected chi connectivity index (χ2v) is 8.11. The van der Waals surface area contributed by atoms with Crippen LogP contribution in [-0.4, -0.2) is 65.1 Å². The largest absolute Gasteiger partial charge is 0.467 e. The average Bonchev–Trinajstić information content (AvgIpc) is 3.18. The summed E-state index contributed by atoms with van der Waals surface area (Å²) in [6.07, 6.45) is 0.00975. The Labute approximate surface area is 181 Å². The van der Waals surface area contributed by atoms with E-state index in [2.05, 4.69) is 32.4 Å². The first-order chi connectivity index (χ1) is 15.0. The lowest BCUT2D eigenvalue weighted by molar-refractivity contribution is -0.0511. The summed E-state index contributed by atoms with van der Waals surface area (Å²) in [5.74, 6) is 3.81. The van der Waals surface area contributed by atoms with Crippen molar-refractivity contribution in [2.75, 3.05) is 50.2 Å². The number of fused-ring (bicyclic) bond motifs is 1. The van der Waals surface area contributed by atoms with Crippen LogP contribution < -0.4 is 15.0 Å². The van der Waals surface area contributed by atoms with Gasteiger partial charge in [-0.2, -0.15) is 5.10 Å². The van der Waals surface area contributed by atoms with Gasteiger partial charge in [-0.25, -0.2) is 9.97 Å². The van der Waals surface area contributed by atoms with Crippen LogP contribution in [0.5, 0.6) is 5.75 Å². The summed E-state index contributed by atoms with van der Waals surface area (Å²) >= 11 is 0. The van der Waals surface area contributed by atoms with Crippen molar-refractivity contribution in [3.63, 3.8) is 0 Å². The van der Waals surface area contributed by atoms with Crippen LogP contribution in [0, 0.1) is 6.92 Å². The maximum absolute atomic E-state index is 5.72. The Morgan fingerprint density at radius 2 is 1.90 bits per heavy atom. The van der Waals surface area contributed by atoms with E-state index < -0.39 is 0 Å². The number of benzene rings is 1. The number of aryl methyl sites for hydroxylation is 1. The van der Waals surface area contributed by atoms with Crippen LogP contribution in [0.3, 0.4) is 0 Å². The molecular weight excluding hydrogens is 394 g/mol. The predicted molar refractivity (Wildman–Crippen MR) is 119 cm³/mol. The van der Waals surface area contributed by atoms with Gasteiger partial charge in [-0.15, -0.1) is 0 Å². The zero-order valence-corrected chi connectivity index (χ0v) is 18.1. The molecule has 0 radical (unpaired) electrons. The van der Waals surface area contributed by atoms with E-state index >= 15 is 0 Å². The molecule has 0 aliphatic carbocycles. The first-order valence-corrected chi connectivity index (χ1v) is 10.6. The number of nitrogens with one attached hydrogen (secondary N) is 2. The van der Waals surface area contributed by atoms with Crippen molar-refractivity contribution in [1.82, 2.24) is 25.1 Å². The fraction of sp³-hybridized carbons (Fsp3) is 0.409. The molecule has 2 aliphatic rings. The molecule has 1 saturated heterocycles. The summed E-state index contributed by atoms with van der Waals surface area (Å²) in [5.41, 5.74) is 2.93. The molecule has 31 heavy (non-hydrogen) atoms. The molecule has 4 heterocycles. The van der Waals surface area contributed by atoms with Crippen LogP contribution in [-0.2, 0) is 4.74 Å². The molecule has 3 aromatic rings. The number of piperazine rings is 1. The van der Waals surface area contributed by atoms with Crippen molar-refractivity contribution in [2.45, 2.75) is 20.0 Å². The number of rotatable bonds is 4. The molecule has 162 valence electrons. The second-order valence-electron chi connectivity index (χ2n) is 8.11. The van der Waals surface area contributed by atoms with E-state index in [1.165, 1.54) is 0 Å². The lowest BCUT2D eigenvalue weighted by Gasteiger charge is -2.33. The molecule has 9 nitrogen and oxygen atoms in total. The standard InChI is InChI=1S/C22H27N7O2/c1-14-10-20(27-26-14)23-19-12-21(29-8-6-28(3)7-9-29)25-22(24-19)16-4-5-17-15(2)30-13-31-18(17)11-16/h4-5,10-12,15H,6-9,13H2,1-3H3,(H2,23,24,25,26,27)/t15-/m0/s1. The minimum absolute atomic E-state index is 0.00975. The van der Waals surface area contributed by atoms with E-state index in [0.29, 0.717) is 11.6 Å². The van der Waals surface area contributed by atoms with Crippen molar-refractivity contribution >= 4 is 17.5 Å². The molecule has 2 aliphatic heterocycles. The van der Waals surface area contributed by atoms with Gasteiger partial charge in [-0.3, -0.25) is 5.10 Å². The number of likely N-dealkylation sites (N-methyl/N-ethyl adjacent to an activating group) is 1. The Hall–Kier alpha value is -3.17. The number of aromatic nitrogens is 4. The number of nitrogens with zero attached hydrogens (tertiary/aromatic N) is 5. The highest BCUT2D eigenvalue weighted by atomic mass is 16.7. The minimum atomic E-state index is 0.00975. The van der Waals surface area contributed by atoms with Gasteiger partial charge in [-0.1, -0.05) is 12.1 Å². The summed E-state index contributed by atoms with van der Waals surface area (Å²) in [6, 6.07) is 10.00. The highest BCUT2D eigenvalue weighted by Gasteiger charge is 2.21. The van der Waals surface area contributed by atoms with Crippen LogP contribution in [0.15, 0.2) is 30.3 Å². The van der Waals surface area contributed by atoms with Crippen LogP contribution in [0.25, 0.3) is 11.4 Å². The highest BCUT2D eigenvalue weighted by Crippen LogP contribution is 2.35. The zero-order chi connectivity index (χ0) is 21.4. The Kier molecular flexibility index (Phi) is 5.21. The van der Waals surface area contributed by atoms with Gasteiger partial charge in [0.1, 0.15) is 17.4 Å². The number of ether oxygens (including phenoxy) is 2. The Morgan fingerprint density at radius 3 is 2.68 bits per heavy atom. The van der Waals surface area contributed by atoms with E-state index in [1.54, 1.807) is 0 Å².